The van der Waals surface area contributed by atoms with Crippen LogP contribution < -0.4 is 18.9 Å². The number of alkyl halides is 6. The molecule has 0 heterocycles. The number of benzene rings is 4. The van der Waals surface area contributed by atoms with Gasteiger partial charge in [0.25, 0.3) is 20.0 Å². The van der Waals surface area contributed by atoms with E-state index in [1.165, 1.54) is 30.0 Å². The zero-order valence-corrected chi connectivity index (χ0v) is 24.6. The molecule has 0 aliphatic rings. The van der Waals surface area contributed by atoms with Gasteiger partial charge in [-0.25, -0.2) is 16.8 Å². The first kappa shape index (κ1) is 32.8. The van der Waals surface area contributed by atoms with E-state index in [4.69, 9.17) is 0 Å². The fourth-order valence-electron chi connectivity index (χ4n) is 3.73. The number of sulfonamides is 2. The standard InChI is InChI=1S/C27H20F6N2O6S3/c1-42-21-9-2-17(3-10-21)18-4-15-24(34-43(36,37)22-11-5-19(6-12-22)40-26(28,29)30)25(16-18)35-44(38,39)23-13-7-20(8-14-23)41-27(31,32)33/h2-16,34-35H,1H3. The molecule has 0 atom stereocenters. The minimum absolute atomic E-state index is 0.257. The topological polar surface area (TPSA) is 111 Å². The van der Waals surface area contributed by atoms with Crippen LogP contribution in [0.3, 0.4) is 0 Å². The van der Waals surface area contributed by atoms with Crippen LogP contribution in [0.4, 0.5) is 37.7 Å². The normalized spacial score (nSPS) is 12.4. The lowest BCUT2D eigenvalue weighted by Gasteiger charge is -2.17. The lowest BCUT2D eigenvalue weighted by Crippen LogP contribution is -2.19. The molecule has 0 fully saturated rings. The monoisotopic (exact) mass is 678 g/mol. The van der Waals surface area contributed by atoms with Crippen molar-refractivity contribution in [3.8, 4) is 22.6 Å². The molecule has 234 valence electrons. The number of ether oxygens (including phenoxy) is 2. The van der Waals surface area contributed by atoms with Crippen LogP contribution >= 0.6 is 11.8 Å². The van der Waals surface area contributed by atoms with Crippen LogP contribution in [0.5, 0.6) is 11.5 Å². The first-order valence-corrected chi connectivity index (χ1v) is 16.2. The fraction of sp³-hybridized carbons (Fsp3) is 0.111. The molecule has 0 aliphatic heterocycles. The van der Waals surface area contributed by atoms with Gasteiger partial charge < -0.3 is 9.47 Å². The Morgan fingerprint density at radius 1 is 0.568 bits per heavy atom. The van der Waals surface area contributed by atoms with Gasteiger partial charge in [-0.15, -0.1) is 38.1 Å². The number of thioether (sulfide) groups is 1. The Kier molecular flexibility index (Phi) is 9.32. The molecule has 0 amide bonds. The zero-order valence-electron chi connectivity index (χ0n) is 22.1. The zero-order chi connectivity index (χ0) is 32.3. The maximum absolute atomic E-state index is 13.2. The molecule has 8 nitrogen and oxygen atoms in total. The molecule has 0 bridgehead atoms. The van der Waals surface area contributed by atoms with Crippen LogP contribution in [0.25, 0.3) is 11.1 Å². The Hall–Kier alpha value is -4.09. The van der Waals surface area contributed by atoms with E-state index in [1.807, 2.05) is 18.4 Å². The lowest BCUT2D eigenvalue weighted by atomic mass is 10.0. The molecule has 4 aromatic carbocycles. The first-order valence-electron chi connectivity index (χ1n) is 12.0. The van der Waals surface area contributed by atoms with E-state index in [-0.39, 0.29) is 11.4 Å². The SMILES string of the molecule is CSc1ccc(-c2ccc(NS(=O)(=O)c3ccc(OC(F)(F)F)cc3)c(NS(=O)(=O)c3ccc(OC(F)(F)F)cc3)c2)cc1. The van der Waals surface area contributed by atoms with Crippen LogP contribution in [0.2, 0.25) is 0 Å². The molecule has 17 heteroatoms. The summed E-state index contributed by atoms with van der Waals surface area (Å²) in [6, 6.07) is 17.9. The molecule has 4 aromatic rings. The van der Waals surface area contributed by atoms with Crippen molar-refractivity contribution in [2.75, 3.05) is 15.7 Å². The van der Waals surface area contributed by atoms with Crippen molar-refractivity contribution in [2.45, 2.75) is 27.4 Å². The largest absolute Gasteiger partial charge is 0.573 e. The van der Waals surface area contributed by atoms with Gasteiger partial charge >= 0.3 is 12.7 Å². The predicted molar refractivity (Wildman–Crippen MR) is 152 cm³/mol. The van der Waals surface area contributed by atoms with Gasteiger partial charge in [0, 0.05) is 4.90 Å². The van der Waals surface area contributed by atoms with E-state index in [0.717, 1.165) is 53.4 Å². The van der Waals surface area contributed by atoms with E-state index < -0.39 is 54.1 Å². The smallest absolute Gasteiger partial charge is 0.406 e. The Bertz CT molecular complexity index is 1830. The lowest BCUT2D eigenvalue weighted by molar-refractivity contribution is -0.275. The highest BCUT2D eigenvalue weighted by molar-refractivity contribution is 7.98. The molecular weight excluding hydrogens is 658 g/mol. The quantitative estimate of drug-likeness (QED) is 0.132. The summed E-state index contributed by atoms with van der Waals surface area (Å²) < 4.78 is 140. The summed E-state index contributed by atoms with van der Waals surface area (Å²) in [7, 11) is -8.97. The highest BCUT2D eigenvalue weighted by atomic mass is 32.2. The van der Waals surface area contributed by atoms with E-state index >= 15 is 0 Å². The Balaban J connectivity index is 1.69. The van der Waals surface area contributed by atoms with Gasteiger partial charge in [-0.3, -0.25) is 9.44 Å². The summed E-state index contributed by atoms with van der Waals surface area (Å²) in [5.74, 6) is -1.32. The molecule has 0 spiro atoms. The number of hydrogen-bond acceptors (Lipinski definition) is 7. The van der Waals surface area contributed by atoms with Crippen LogP contribution in [0.1, 0.15) is 0 Å². The van der Waals surface area contributed by atoms with Gasteiger partial charge in [0.05, 0.1) is 21.2 Å². The summed E-state index contributed by atoms with van der Waals surface area (Å²) in [6.45, 7) is 0. The molecule has 0 saturated heterocycles. The van der Waals surface area contributed by atoms with Crippen LogP contribution in [0, 0.1) is 0 Å². The minimum atomic E-state index is -5.00. The van der Waals surface area contributed by atoms with E-state index in [9.17, 15) is 43.2 Å². The average Bonchev–Trinajstić information content (AvgIpc) is 2.92. The maximum atomic E-state index is 13.2. The predicted octanol–water partition coefficient (Wildman–Crippen LogP) is 7.47. The summed E-state index contributed by atoms with van der Waals surface area (Å²) in [6.07, 6.45) is -8.11. The molecule has 4 rings (SSSR count). The van der Waals surface area contributed by atoms with Crippen molar-refractivity contribution in [2.24, 2.45) is 0 Å². The Morgan fingerprint density at radius 3 is 1.39 bits per heavy atom. The van der Waals surface area contributed by atoms with Gasteiger partial charge in [-0.1, -0.05) is 18.2 Å². The molecule has 0 aromatic heterocycles. The summed E-state index contributed by atoms with van der Waals surface area (Å²) in [4.78, 5) is 0.0253. The number of halogens is 6. The van der Waals surface area contributed by atoms with Gasteiger partial charge in [-0.2, -0.15) is 0 Å². The first-order chi connectivity index (χ1) is 20.4. The summed E-state index contributed by atoms with van der Waals surface area (Å²) in [5, 5.41) is 0. The van der Waals surface area contributed by atoms with Crippen molar-refractivity contribution in [3.63, 3.8) is 0 Å². The number of hydrogen-bond donors (Lipinski definition) is 2. The molecule has 44 heavy (non-hydrogen) atoms. The van der Waals surface area contributed by atoms with E-state index in [1.54, 1.807) is 12.1 Å². The highest BCUT2D eigenvalue weighted by Crippen LogP contribution is 2.34. The average molecular weight is 679 g/mol. The van der Waals surface area contributed by atoms with Gasteiger partial charge in [0.15, 0.2) is 0 Å². The van der Waals surface area contributed by atoms with Crippen LogP contribution in [-0.4, -0.2) is 35.8 Å². The van der Waals surface area contributed by atoms with E-state index in [0.29, 0.717) is 11.1 Å². The van der Waals surface area contributed by atoms with Crippen molar-refractivity contribution >= 4 is 43.2 Å². The molecule has 0 aliphatic carbocycles. The second-order valence-corrected chi connectivity index (χ2v) is 13.0. The molecular formula is C27H20F6N2O6S3. The third-order valence-corrected chi connectivity index (χ3v) is 9.17. The van der Waals surface area contributed by atoms with Gasteiger partial charge in [0.2, 0.25) is 0 Å². The van der Waals surface area contributed by atoms with Crippen molar-refractivity contribution < 1.29 is 52.7 Å². The second kappa shape index (κ2) is 12.5. The van der Waals surface area contributed by atoms with Crippen molar-refractivity contribution in [1.29, 1.82) is 0 Å². The molecule has 2 N–H and O–H groups in total. The van der Waals surface area contributed by atoms with Crippen molar-refractivity contribution in [3.05, 3.63) is 91.0 Å². The number of rotatable bonds is 10. The van der Waals surface area contributed by atoms with Gasteiger partial charge in [0.1, 0.15) is 11.5 Å². The third-order valence-electron chi connectivity index (χ3n) is 5.67. The maximum Gasteiger partial charge on any atom is 0.573 e. The third kappa shape index (κ3) is 8.73. The summed E-state index contributed by atoms with van der Waals surface area (Å²) in [5.41, 5.74) is 0.603. The second-order valence-electron chi connectivity index (χ2n) is 8.74. The Morgan fingerprint density at radius 2 is 0.977 bits per heavy atom. The minimum Gasteiger partial charge on any atom is -0.406 e. The highest BCUT2D eigenvalue weighted by Gasteiger charge is 2.32. The number of anilines is 2. The van der Waals surface area contributed by atoms with Gasteiger partial charge in [-0.05, 0) is 90.2 Å². The number of nitrogens with one attached hydrogen (secondary N) is 2. The molecule has 0 saturated carbocycles. The van der Waals surface area contributed by atoms with Crippen LogP contribution in [0.15, 0.2) is 106 Å². The van der Waals surface area contributed by atoms with Crippen molar-refractivity contribution in [1.82, 2.24) is 0 Å². The molecule has 0 unspecified atom stereocenters. The van der Waals surface area contributed by atoms with E-state index in [2.05, 4.69) is 18.9 Å². The summed E-state index contributed by atoms with van der Waals surface area (Å²) >= 11 is 1.49. The Labute approximate surface area is 252 Å². The fourth-order valence-corrected chi connectivity index (χ4v) is 6.29. The van der Waals surface area contributed by atoms with Crippen LogP contribution in [-0.2, 0) is 20.0 Å². The molecule has 0 radical (unpaired) electrons.